The van der Waals surface area contributed by atoms with Gasteiger partial charge in [0, 0.05) is 10.5 Å². The van der Waals surface area contributed by atoms with Crippen molar-refractivity contribution < 1.29 is 9.90 Å². The highest BCUT2D eigenvalue weighted by Crippen LogP contribution is 2.26. The Hall–Kier alpha value is -2.01. The molecule has 1 amide bonds. The normalized spacial score (nSPS) is 10.2. The van der Waals surface area contributed by atoms with Crippen LogP contribution in [0.4, 0.5) is 11.4 Å². The molecule has 0 saturated carbocycles. The van der Waals surface area contributed by atoms with Gasteiger partial charge in [-0.15, -0.1) is 0 Å². The fraction of sp³-hybridized carbons (Fsp3) is 0.0714. The van der Waals surface area contributed by atoms with Gasteiger partial charge >= 0.3 is 0 Å². The number of anilines is 2. The largest absolute Gasteiger partial charge is 0.508 e. The number of halogens is 1. The van der Waals surface area contributed by atoms with Crippen LogP contribution in [0.25, 0.3) is 0 Å². The van der Waals surface area contributed by atoms with Crippen molar-refractivity contribution in [3.05, 3.63) is 52.0 Å². The van der Waals surface area contributed by atoms with Crippen molar-refractivity contribution in [3.63, 3.8) is 0 Å². The maximum Gasteiger partial charge on any atom is 0.256 e. The zero-order valence-electron chi connectivity index (χ0n) is 10.3. The average Bonchev–Trinajstić information content (AvgIpc) is 2.36. The first kappa shape index (κ1) is 13.4. The number of carbonyl (C=O) groups is 1. The van der Waals surface area contributed by atoms with Crippen molar-refractivity contribution in [2.24, 2.45) is 0 Å². The highest BCUT2D eigenvalue weighted by Gasteiger charge is 2.12. The summed E-state index contributed by atoms with van der Waals surface area (Å²) in [6.45, 7) is 1.91. The number of phenolic OH excluding ortho intramolecular Hbond substituents is 1. The number of rotatable bonds is 2. The van der Waals surface area contributed by atoms with Crippen LogP contribution < -0.4 is 11.1 Å². The van der Waals surface area contributed by atoms with Gasteiger partial charge in [-0.2, -0.15) is 0 Å². The van der Waals surface area contributed by atoms with Crippen LogP contribution in [0.15, 0.2) is 40.9 Å². The molecule has 5 heteroatoms. The molecule has 0 aliphatic heterocycles. The molecule has 2 aromatic rings. The number of carbonyl (C=O) groups excluding carboxylic acids is 1. The number of benzene rings is 2. The summed E-state index contributed by atoms with van der Waals surface area (Å²) in [4.78, 5) is 12.2. The lowest BCUT2D eigenvalue weighted by Gasteiger charge is -2.10. The van der Waals surface area contributed by atoms with Gasteiger partial charge in [-0.1, -0.05) is 12.1 Å². The van der Waals surface area contributed by atoms with Crippen LogP contribution in [0, 0.1) is 6.92 Å². The third-order valence-corrected chi connectivity index (χ3v) is 3.77. The van der Waals surface area contributed by atoms with Crippen LogP contribution in [-0.2, 0) is 0 Å². The quantitative estimate of drug-likeness (QED) is 0.587. The Bertz CT molecular complexity index is 641. The molecule has 0 fully saturated rings. The third kappa shape index (κ3) is 2.88. The van der Waals surface area contributed by atoms with Crippen molar-refractivity contribution >= 4 is 33.2 Å². The first-order valence-electron chi connectivity index (χ1n) is 5.64. The van der Waals surface area contributed by atoms with E-state index >= 15 is 0 Å². The number of hydrogen-bond acceptors (Lipinski definition) is 3. The van der Waals surface area contributed by atoms with Gasteiger partial charge in [0.25, 0.3) is 5.91 Å². The maximum atomic E-state index is 12.2. The van der Waals surface area contributed by atoms with Gasteiger partial charge in [0.15, 0.2) is 0 Å². The second kappa shape index (κ2) is 5.32. The lowest BCUT2D eigenvalue weighted by Crippen LogP contribution is -2.14. The van der Waals surface area contributed by atoms with Crippen LogP contribution in [0.2, 0.25) is 0 Å². The molecule has 98 valence electrons. The van der Waals surface area contributed by atoms with Crippen molar-refractivity contribution in [1.82, 2.24) is 0 Å². The Morgan fingerprint density at radius 2 is 2.05 bits per heavy atom. The molecular weight excluding hydrogens is 308 g/mol. The molecule has 4 nitrogen and oxygen atoms in total. The van der Waals surface area contributed by atoms with E-state index in [1.807, 2.05) is 19.1 Å². The minimum atomic E-state index is -0.257. The SMILES string of the molecule is Cc1cccc(C(=O)Nc2ccc(O)cc2N)c1Br. The third-order valence-electron chi connectivity index (χ3n) is 2.72. The van der Waals surface area contributed by atoms with Crippen LogP contribution in [0.1, 0.15) is 15.9 Å². The van der Waals surface area contributed by atoms with E-state index in [2.05, 4.69) is 21.2 Å². The summed E-state index contributed by atoms with van der Waals surface area (Å²) in [5.74, 6) is -0.194. The number of aromatic hydroxyl groups is 1. The second-order valence-electron chi connectivity index (χ2n) is 4.16. The van der Waals surface area contributed by atoms with Gasteiger partial charge in [0.2, 0.25) is 0 Å². The van der Waals surface area contributed by atoms with Crippen molar-refractivity contribution in [2.75, 3.05) is 11.1 Å². The molecule has 0 saturated heterocycles. The predicted molar refractivity (Wildman–Crippen MR) is 79.4 cm³/mol. The fourth-order valence-corrected chi connectivity index (χ4v) is 2.12. The van der Waals surface area contributed by atoms with Gasteiger partial charge in [0.1, 0.15) is 5.75 Å². The minimum Gasteiger partial charge on any atom is -0.508 e. The molecule has 0 spiro atoms. The molecule has 0 aliphatic carbocycles. The summed E-state index contributed by atoms with van der Waals surface area (Å²) in [6.07, 6.45) is 0. The fourth-order valence-electron chi connectivity index (χ4n) is 1.68. The van der Waals surface area contributed by atoms with E-state index in [1.165, 1.54) is 12.1 Å². The molecule has 4 N–H and O–H groups in total. The zero-order chi connectivity index (χ0) is 14.0. The lowest BCUT2D eigenvalue weighted by atomic mass is 10.1. The van der Waals surface area contributed by atoms with E-state index < -0.39 is 0 Å². The number of nitrogens with one attached hydrogen (secondary N) is 1. The topological polar surface area (TPSA) is 75.3 Å². The number of nitrogen functional groups attached to an aromatic ring is 1. The van der Waals surface area contributed by atoms with Crippen molar-refractivity contribution in [2.45, 2.75) is 6.92 Å². The first-order chi connectivity index (χ1) is 8.99. The summed E-state index contributed by atoms with van der Waals surface area (Å²) >= 11 is 3.39. The van der Waals surface area contributed by atoms with Gasteiger partial charge in [0.05, 0.1) is 16.9 Å². The lowest BCUT2D eigenvalue weighted by molar-refractivity contribution is 0.102. The number of amides is 1. The van der Waals surface area contributed by atoms with E-state index in [0.29, 0.717) is 16.9 Å². The molecule has 19 heavy (non-hydrogen) atoms. The van der Waals surface area contributed by atoms with Gasteiger partial charge in [-0.3, -0.25) is 4.79 Å². The highest BCUT2D eigenvalue weighted by molar-refractivity contribution is 9.10. The number of aryl methyl sites for hydroxylation is 1. The summed E-state index contributed by atoms with van der Waals surface area (Å²) in [5.41, 5.74) is 8.03. The van der Waals surface area contributed by atoms with E-state index in [0.717, 1.165) is 10.0 Å². The summed E-state index contributed by atoms with van der Waals surface area (Å²) in [5, 5.41) is 12.0. The van der Waals surface area contributed by atoms with Gasteiger partial charge < -0.3 is 16.2 Å². The van der Waals surface area contributed by atoms with E-state index in [1.54, 1.807) is 12.1 Å². The second-order valence-corrected chi connectivity index (χ2v) is 4.96. The summed E-state index contributed by atoms with van der Waals surface area (Å²) in [6, 6.07) is 9.87. The molecule has 2 aromatic carbocycles. The van der Waals surface area contributed by atoms with Crippen molar-refractivity contribution in [3.8, 4) is 5.75 Å². The van der Waals surface area contributed by atoms with E-state index in [-0.39, 0.29) is 11.7 Å². The molecule has 0 aliphatic rings. The molecule has 2 rings (SSSR count). The standard InChI is InChI=1S/C14H13BrN2O2/c1-8-3-2-4-10(13(8)15)14(19)17-12-6-5-9(18)7-11(12)16/h2-7,18H,16H2,1H3,(H,17,19). The minimum absolute atomic E-state index is 0.0623. The van der Waals surface area contributed by atoms with E-state index in [9.17, 15) is 9.90 Å². The molecule has 0 bridgehead atoms. The Labute approximate surface area is 119 Å². The van der Waals surface area contributed by atoms with Crippen LogP contribution in [-0.4, -0.2) is 11.0 Å². The van der Waals surface area contributed by atoms with Crippen LogP contribution in [0.5, 0.6) is 5.75 Å². The highest BCUT2D eigenvalue weighted by atomic mass is 79.9. The summed E-state index contributed by atoms with van der Waals surface area (Å²) < 4.78 is 0.754. The average molecular weight is 321 g/mol. The number of nitrogens with two attached hydrogens (primary N) is 1. The van der Waals surface area contributed by atoms with Crippen molar-refractivity contribution in [1.29, 1.82) is 0 Å². The van der Waals surface area contributed by atoms with E-state index in [4.69, 9.17) is 5.73 Å². The molecule has 0 heterocycles. The molecule has 0 radical (unpaired) electrons. The summed E-state index contributed by atoms with van der Waals surface area (Å²) in [7, 11) is 0. The zero-order valence-corrected chi connectivity index (χ0v) is 11.9. The number of hydrogen-bond donors (Lipinski definition) is 3. The Kier molecular flexibility index (Phi) is 3.76. The maximum absolute atomic E-state index is 12.2. The van der Waals surface area contributed by atoms with Gasteiger partial charge in [-0.05, 0) is 46.6 Å². The number of phenols is 1. The van der Waals surface area contributed by atoms with Crippen LogP contribution in [0.3, 0.4) is 0 Å². The first-order valence-corrected chi connectivity index (χ1v) is 6.43. The molecule has 0 unspecified atom stereocenters. The molecule has 0 atom stereocenters. The predicted octanol–water partition coefficient (Wildman–Crippen LogP) is 3.30. The van der Waals surface area contributed by atoms with Gasteiger partial charge in [-0.25, -0.2) is 0 Å². The Balaban J connectivity index is 2.28. The Morgan fingerprint density at radius 3 is 2.74 bits per heavy atom. The molecular formula is C14H13BrN2O2. The molecule has 0 aromatic heterocycles. The monoisotopic (exact) mass is 320 g/mol. The smallest absolute Gasteiger partial charge is 0.256 e. The Morgan fingerprint density at radius 1 is 1.32 bits per heavy atom. The van der Waals surface area contributed by atoms with Crippen LogP contribution >= 0.6 is 15.9 Å².